The topological polar surface area (TPSA) is 37.3 Å². The van der Waals surface area contributed by atoms with Crippen molar-refractivity contribution in [3.8, 4) is 0 Å². The van der Waals surface area contributed by atoms with Crippen LogP contribution in [0.1, 0.15) is 187 Å². The van der Waals surface area contributed by atoms with Crippen molar-refractivity contribution in [2.75, 3.05) is 0 Å². The highest BCUT2D eigenvalue weighted by atomic mass is 16.4. The molecule has 2 nitrogen and oxygen atoms in total. The van der Waals surface area contributed by atoms with Crippen LogP contribution in [0.3, 0.4) is 0 Å². The van der Waals surface area contributed by atoms with Crippen LogP contribution >= 0.6 is 0 Å². The van der Waals surface area contributed by atoms with Crippen molar-refractivity contribution in [3.63, 3.8) is 0 Å². The van der Waals surface area contributed by atoms with Crippen LogP contribution in [0.4, 0.5) is 0 Å². The normalized spacial score (nSPS) is 11.8. The number of aliphatic carboxylic acids is 1. The van der Waals surface area contributed by atoms with Crippen molar-refractivity contribution in [1.82, 2.24) is 0 Å². The number of unbranched alkanes of at least 4 members (excludes halogenated alkanes) is 27. The fraction of sp³-hybridized carbons (Fsp3) is 0.853. The van der Waals surface area contributed by atoms with Gasteiger partial charge in [-0.2, -0.15) is 0 Å². The number of carboxylic acids is 1. The Hall–Kier alpha value is -1.05. The molecule has 0 fully saturated rings. The van der Waals surface area contributed by atoms with Gasteiger partial charge in [0.1, 0.15) is 0 Å². The Morgan fingerprint density at radius 1 is 0.444 bits per heavy atom. The monoisotopic (exact) mass is 504 g/mol. The second-order valence-electron chi connectivity index (χ2n) is 11.1. The summed E-state index contributed by atoms with van der Waals surface area (Å²) in [6, 6.07) is 0. The summed E-state index contributed by atoms with van der Waals surface area (Å²) in [4.78, 5) is 10.3. The third-order valence-corrected chi connectivity index (χ3v) is 7.46. The zero-order chi connectivity index (χ0) is 26.2. The zero-order valence-corrected chi connectivity index (χ0v) is 24.5. The maximum atomic E-state index is 10.3. The standard InChI is InChI=1S/C34H64O2/c1-2-3-4-5-6-7-8-9-10-11-12-13-14-15-16-17-18-19-20-21-22-23-24-25-26-27-28-29-30-31-32-33-34(35)36/h30-33H,2-29H2,1H3,(H,35,36)/b31-30+,33-32+. The lowest BCUT2D eigenvalue weighted by molar-refractivity contribution is -0.131. The molecule has 0 saturated carbocycles. The average Bonchev–Trinajstić information content (AvgIpc) is 2.87. The summed E-state index contributed by atoms with van der Waals surface area (Å²) in [6.45, 7) is 2.30. The first-order valence-electron chi connectivity index (χ1n) is 16.3. The Bertz CT molecular complexity index is 480. The van der Waals surface area contributed by atoms with Crippen molar-refractivity contribution in [2.45, 2.75) is 187 Å². The van der Waals surface area contributed by atoms with Crippen LogP contribution in [-0.4, -0.2) is 11.1 Å². The lowest BCUT2D eigenvalue weighted by Gasteiger charge is -2.04. The molecule has 0 aliphatic rings. The molecule has 1 N–H and O–H groups in total. The molecule has 0 aliphatic carbocycles. The quantitative estimate of drug-likeness (QED) is 0.0599. The highest BCUT2D eigenvalue weighted by Crippen LogP contribution is 2.16. The summed E-state index contributed by atoms with van der Waals surface area (Å²) >= 11 is 0. The summed E-state index contributed by atoms with van der Waals surface area (Å²) < 4.78 is 0. The van der Waals surface area contributed by atoms with E-state index in [4.69, 9.17) is 5.11 Å². The number of carbonyl (C=O) groups is 1. The molecule has 0 aromatic carbocycles. The molecule has 0 heterocycles. The predicted molar refractivity (Wildman–Crippen MR) is 161 cm³/mol. The molecule has 2 heteroatoms. The molecule has 0 saturated heterocycles. The second-order valence-corrected chi connectivity index (χ2v) is 11.1. The van der Waals surface area contributed by atoms with E-state index in [-0.39, 0.29) is 0 Å². The Morgan fingerprint density at radius 3 is 1.00 bits per heavy atom. The molecular formula is C34H64O2. The molecule has 0 aromatic heterocycles. The van der Waals surface area contributed by atoms with Gasteiger partial charge in [0.25, 0.3) is 0 Å². The summed E-state index contributed by atoms with van der Waals surface area (Å²) in [7, 11) is 0. The van der Waals surface area contributed by atoms with E-state index in [9.17, 15) is 4.79 Å². The van der Waals surface area contributed by atoms with Gasteiger partial charge in [0.2, 0.25) is 0 Å². The van der Waals surface area contributed by atoms with Crippen molar-refractivity contribution in [3.05, 3.63) is 24.3 Å². The summed E-state index contributed by atoms with van der Waals surface area (Å²) in [5.41, 5.74) is 0. The van der Waals surface area contributed by atoms with Gasteiger partial charge in [-0.3, -0.25) is 0 Å². The Morgan fingerprint density at radius 2 is 0.722 bits per heavy atom. The minimum absolute atomic E-state index is 0.880. The molecule has 0 amide bonds. The number of allylic oxidation sites excluding steroid dienone is 3. The fourth-order valence-corrected chi connectivity index (χ4v) is 5.07. The molecule has 212 valence electrons. The van der Waals surface area contributed by atoms with Crippen molar-refractivity contribution in [2.24, 2.45) is 0 Å². The molecule has 36 heavy (non-hydrogen) atoms. The first-order valence-corrected chi connectivity index (χ1v) is 16.3. The van der Waals surface area contributed by atoms with Crippen LogP contribution in [0.25, 0.3) is 0 Å². The van der Waals surface area contributed by atoms with E-state index in [1.165, 1.54) is 179 Å². The van der Waals surface area contributed by atoms with E-state index in [1.54, 1.807) is 6.08 Å². The third kappa shape index (κ3) is 33.0. The molecular weight excluding hydrogens is 440 g/mol. The van der Waals surface area contributed by atoms with E-state index in [0.717, 1.165) is 6.42 Å². The van der Waals surface area contributed by atoms with Crippen molar-refractivity contribution >= 4 is 5.97 Å². The first-order chi connectivity index (χ1) is 17.8. The van der Waals surface area contributed by atoms with Gasteiger partial charge in [-0.15, -0.1) is 0 Å². The summed E-state index contributed by atoms with van der Waals surface area (Å²) in [6.07, 6.45) is 46.4. The highest BCUT2D eigenvalue weighted by molar-refractivity contribution is 5.80. The molecule has 0 aromatic rings. The van der Waals surface area contributed by atoms with Gasteiger partial charge in [0.15, 0.2) is 0 Å². The summed E-state index contributed by atoms with van der Waals surface area (Å²) in [5, 5.41) is 8.50. The Kier molecular flexibility index (Phi) is 31.0. The number of hydrogen-bond donors (Lipinski definition) is 1. The van der Waals surface area contributed by atoms with Crippen LogP contribution in [0.2, 0.25) is 0 Å². The van der Waals surface area contributed by atoms with Gasteiger partial charge in [0.05, 0.1) is 0 Å². The molecule has 0 spiro atoms. The van der Waals surface area contributed by atoms with Crippen molar-refractivity contribution < 1.29 is 9.90 Å². The molecule has 0 rings (SSSR count). The van der Waals surface area contributed by atoms with Crippen LogP contribution < -0.4 is 0 Å². The SMILES string of the molecule is CCCCCCCCCCCCCCCCCCCCCCCCCCCCC/C=C/C=C/C(=O)O. The maximum absolute atomic E-state index is 10.3. The number of hydrogen-bond acceptors (Lipinski definition) is 1. The van der Waals surface area contributed by atoms with Gasteiger partial charge in [0, 0.05) is 6.08 Å². The van der Waals surface area contributed by atoms with E-state index in [0.29, 0.717) is 0 Å². The molecule has 0 radical (unpaired) electrons. The largest absolute Gasteiger partial charge is 0.478 e. The first kappa shape index (κ1) is 35.0. The van der Waals surface area contributed by atoms with Gasteiger partial charge in [-0.05, 0) is 12.8 Å². The van der Waals surface area contributed by atoms with Crippen LogP contribution in [-0.2, 0) is 4.79 Å². The minimum Gasteiger partial charge on any atom is -0.478 e. The number of carboxylic acid groups (broad SMARTS) is 1. The molecule has 0 unspecified atom stereocenters. The second kappa shape index (κ2) is 32.0. The Balaban J connectivity index is 3.07. The van der Waals surface area contributed by atoms with E-state index in [2.05, 4.69) is 13.0 Å². The summed E-state index contributed by atoms with van der Waals surface area (Å²) in [5.74, 6) is -0.880. The Labute approximate surface area is 226 Å². The van der Waals surface area contributed by atoms with E-state index < -0.39 is 5.97 Å². The van der Waals surface area contributed by atoms with Crippen LogP contribution in [0.5, 0.6) is 0 Å². The van der Waals surface area contributed by atoms with Gasteiger partial charge >= 0.3 is 5.97 Å². The maximum Gasteiger partial charge on any atom is 0.328 e. The lowest BCUT2D eigenvalue weighted by atomic mass is 10.0. The lowest BCUT2D eigenvalue weighted by Crippen LogP contribution is -1.85. The highest BCUT2D eigenvalue weighted by Gasteiger charge is 1.96. The predicted octanol–water partition coefficient (Wildman–Crippen LogP) is 12.1. The van der Waals surface area contributed by atoms with Crippen LogP contribution in [0, 0.1) is 0 Å². The number of rotatable bonds is 30. The van der Waals surface area contributed by atoms with Gasteiger partial charge in [-0.25, -0.2) is 4.79 Å². The molecule has 0 bridgehead atoms. The van der Waals surface area contributed by atoms with Crippen LogP contribution in [0.15, 0.2) is 24.3 Å². The molecule has 0 aliphatic heterocycles. The van der Waals surface area contributed by atoms with Crippen molar-refractivity contribution in [1.29, 1.82) is 0 Å². The molecule has 0 atom stereocenters. The average molecular weight is 505 g/mol. The van der Waals surface area contributed by atoms with E-state index >= 15 is 0 Å². The third-order valence-electron chi connectivity index (χ3n) is 7.46. The smallest absolute Gasteiger partial charge is 0.328 e. The van der Waals surface area contributed by atoms with Gasteiger partial charge < -0.3 is 5.11 Å². The minimum atomic E-state index is -0.880. The fourth-order valence-electron chi connectivity index (χ4n) is 5.07. The van der Waals surface area contributed by atoms with Gasteiger partial charge in [-0.1, -0.05) is 192 Å². The zero-order valence-electron chi connectivity index (χ0n) is 24.5. The van der Waals surface area contributed by atoms with E-state index in [1.807, 2.05) is 6.08 Å².